The van der Waals surface area contributed by atoms with Gasteiger partial charge in [0.2, 0.25) is 0 Å². The van der Waals surface area contributed by atoms with E-state index in [1.54, 1.807) is 0 Å². The molecule has 0 aliphatic carbocycles. The van der Waals surface area contributed by atoms with Crippen LogP contribution in [0.3, 0.4) is 0 Å². The van der Waals surface area contributed by atoms with Crippen molar-refractivity contribution in [1.82, 2.24) is 9.55 Å². The number of aromatic amines is 1. The molecule has 0 spiro atoms. The van der Waals surface area contributed by atoms with Crippen LogP contribution < -0.4 is 5.73 Å². The quantitative estimate of drug-likeness (QED) is 0.685. The molecule has 2 rings (SSSR count). The van der Waals surface area contributed by atoms with Crippen LogP contribution in [0, 0.1) is 4.77 Å². The van der Waals surface area contributed by atoms with Crippen LogP contribution in [-0.2, 0) is 24.3 Å². The van der Waals surface area contributed by atoms with E-state index in [-0.39, 0.29) is 0 Å². The highest BCUT2D eigenvalue weighted by Gasteiger charge is 2.15. The number of aromatic nitrogens is 2. The van der Waals surface area contributed by atoms with Gasteiger partial charge < -0.3 is 20.0 Å². The average molecular weight is 199 g/mol. The predicted octanol–water partition coefficient (Wildman–Crippen LogP) is 0.577. The average Bonchev–Trinajstić information content (AvgIpc) is 2.44. The third-order valence-corrected chi connectivity index (χ3v) is 2.59. The molecular weight excluding hydrogens is 186 g/mol. The summed E-state index contributed by atoms with van der Waals surface area (Å²) in [4.78, 5) is 3.19. The Bertz CT molecular complexity index is 355. The van der Waals surface area contributed by atoms with E-state index < -0.39 is 0 Å². The second-order valence-corrected chi connectivity index (χ2v) is 3.48. The SMILES string of the molecule is NCCn1c2c([nH]c1=S)CCOC2. The molecule has 0 unspecified atom stereocenters. The maximum absolute atomic E-state index is 5.50. The van der Waals surface area contributed by atoms with Gasteiger partial charge in [0.1, 0.15) is 0 Å². The zero-order valence-electron chi connectivity index (χ0n) is 7.38. The monoisotopic (exact) mass is 199 g/mol. The van der Waals surface area contributed by atoms with Crippen molar-refractivity contribution in [3.8, 4) is 0 Å². The summed E-state index contributed by atoms with van der Waals surface area (Å²) in [5, 5.41) is 0. The van der Waals surface area contributed by atoms with Gasteiger partial charge in [0.25, 0.3) is 0 Å². The molecule has 5 heteroatoms. The summed E-state index contributed by atoms with van der Waals surface area (Å²) in [6.07, 6.45) is 0.927. The summed E-state index contributed by atoms with van der Waals surface area (Å²) in [5.41, 5.74) is 7.88. The Morgan fingerprint density at radius 2 is 2.46 bits per heavy atom. The fourth-order valence-electron chi connectivity index (χ4n) is 1.63. The van der Waals surface area contributed by atoms with E-state index in [0.717, 1.165) is 24.3 Å². The molecule has 2 heterocycles. The minimum absolute atomic E-state index is 0.610. The molecule has 0 amide bonds. The fourth-order valence-corrected chi connectivity index (χ4v) is 1.96. The molecule has 1 aromatic heterocycles. The van der Waals surface area contributed by atoms with Crippen molar-refractivity contribution < 1.29 is 4.74 Å². The number of fused-ring (bicyclic) bond motifs is 1. The van der Waals surface area contributed by atoms with Crippen molar-refractivity contribution in [2.45, 2.75) is 19.6 Å². The van der Waals surface area contributed by atoms with Crippen LogP contribution in [0.25, 0.3) is 0 Å². The lowest BCUT2D eigenvalue weighted by Gasteiger charge is -2.14. The first-order valence-electron chi connectivity index (χ1n) is 4.41. The van der Waals surface area contributed by atoms with Crippen molar-refractivity contribution in [2.75, 3.05) is 13.2 Å². The molecule has 13 heavy (non-hydrogen) atoms. The lowest BCUT2D eigenvalue weighted by Crippen LogP contribution is -2.16. The minimum Gasteiger partial charge on any atom is -0.375 e. The Morgan fingerprint density at radius 3 is 3.23 bits per heavy atom. The number of hydrogen-bond acceptors (Lipinski definition) is 3. The highest BCUT2D eigenvalue weighted by Crippen LogP contribution is 2.15. The summed E-state index contributed by atoms with van der Waals surface area (Å²) in [6, 6.07) is 0. The summed E-state index contributed by atoms with van der Waals surface area (Å²) in [5.74, 6) is 0. The second kappa shape index (κ2) is 3.61. The molecular formula is C8H13N3OS. The van der Waals surface area contributed by atoms with Gasteiger partial charge in [0.05, 0.1) is 18.9 Å². The maximum Gasteiger partial charge on any atom is 0.177 e. The first-order chi connectivity index (χ1) is 6.33. The minimum atomic E-state index is 0.610. The van der Waals surface area contributed by atoms with E-state index in [0.29, 0.717) is 13.2 Å². The van der Waals surface area contributed by atoms with Gasteiger partial charge in [-0.1, -0.05) is 0 Å². The van der Waals surface area contributed by atoms with Gasteiger partial charge in [0.15, 0.2) is 4.77 Å². The Kier molecular flexibility index (Phi) is 2.48. The summed E-state index contributed by atoms with van der Waals surface area (Å²) >= 11 is 5.18. The van der Waals surface area contributed by atoms with Gasteiger partial charge in [-0.3, -0.25) is 0 Å². The number of imidazole rings is 1. The second-order valence-electron chi connectivity index (χ2n) is 3.10. The number of hydrogen-bond donors (Lipinski definition) is 2. The van der Waals surface area contributed by atoms with Gasteiger partial charge in [-0.2, -0.15) is 0 Å². The van der Waals surface area contributed by atoms with Gasteiger partial charge in [-0.15, -0.1) is 0 Å². The smallest absolute Gasteiger partial charge is 0.177 e. The zero-order chi connectivity index (χ0) is 9.26. The lowest BCUT2D eigenvalue weighted by atomic mass is 10.2. The third kappa shape index (κ3) is 1.54. The third-order valence-electron chi connectivity index (χ3n) is 2.27. The number of nitrogens with two attached hydrogens (primary N) is 1. The predicted molar refractivity (Wildman–Crippen MR) is 52.0 cm³/mol. The van der Waals surface area contributed by atoms with Crippen molar-refractivity contribution >= 4 is 12.2 Å². The Balaban J connectivity index is 2.42. The van der Waals surface area contributed by atoms with Crippen molar-refractivity contribution in [3.05, 3.63) is 16.2 Å². The number of nitrogens with zero attached hydrogens (tertiary/aromatic N) is 1. The Morgan fingerprint density at radius 1 is 1.62 bits per heavy atom. The topological polar surface area (TPSA) is 56.0 Å². The van der Waals surface area contributed by atoms with Crippen molar-refractivity contribution in [2.24, 2.45) is 5.73 Å². The molecule has 1 aliphatic heterocycles. The van der Waals surface area contributed by atoms with E-state index in [1.807, 2.05) is 4.57 Å². The molecule has 0 bridgehead atoms. The van der Waals surface area contributed by atoms with Gasteiger partial charge in [-0.25, -0.2) is 0 Å². The van der Waals surface area contributed by atoms with Gasteiger partial charge in [0, 0.05) is 25.2 Å². The fraction of sp³-hybridized carbons (Fsp3) is 0.625. The standard InChI is InChI=1S/C8H13N3OS/c9-2-3-11-7-5-12-4-1-6(7)10-8(11)13/h1-5,9H2,(H,10,13). The molecule has 0 atom stereocenters. The van der Waals surface area contributed by atoms with Gasteiger partial charge in [-0.05, 0) is 12.2 Å². The molecule has 1 aliphatic rings. The summed E-state index contributed by atoms with van der Waals surface area (Å²) in [7, 11) is 0. The lowest BCUT2D eigenvalue weighted by molar-refractivity contribution is 0.104. The number of nitrogens with one attached hydrogen (secondary N) is 1. The van der Waals surface area contributed by atoms with E-state index in [1.165, 1.54) is 11.4 Å². The Labute approximate surface area is 81.7 Å². The van der Waals surface area contributed by atoms with E-state index in [9.17, 15) is 0 Å². The number of ether oxygens (including phenoxy) is 1. The Hall–Kier alpha value is -0.650. The number of H-pyrrole nitrogens is 1. The molecule has 0 aromatic carbocycles. The molecule has 3 N–H and O–H groups in total. The molecule has 0 radical (unpaired) electrons. The van der Waals surface area contributed by atoms with Crippen LogP contribution >= 0.6 is 12.2 Å². The largest absolute Gasteiger partial charge is 0.375 e. The number of rotatable bonds is 2. The van der Waals surface area contributed by atoms with Crippen molar-refractivity contribution in [1.29, 1.82) is 0 Å². The zero-order valence-corrected chi connectivity index (χ0v) is 8.19. The van der Waals surface area contributed by atoms with Crippen LogP contribution in [0.15, 0.2) is 0 Å². The molecule has 0 fully saturated rings. The summed E-state index contributed by atoms with van der Waals surface area (Å²) in [6.45, 7) is 2.82. The first-order valence-corrected chi connectivity index (χ1v) is 4.82. The molecule has 0 saturated carbocycles. The van der Waals surface area contributed by atoms with Crippen LogP contribution in [0.1, 0.15) is 11.4 Å². The van der Waals surface area contributed by atoms with Gasteiger partial charge >= 0.3 is 0 Å². The normalized spacial score (nSPS) is 15.8. The van der Waals surface area contributed by atoms with Crippen molar-refractivity contribution in [3.63, 3.8) is 0 Å². The van der Waals surface area contributed by atoms with E-state index in [4.69, 9.17) is 22.7 Å². The molecule has 4 nitrogen and oxygen atoms in total. The first kappa shape index (κ1) is 8.93. The maximum atomic E-state index is 5.50. The van der Waals surface area contributed by atoms with E-state index in [2.05, 4.69) is 4.98 Å². The van der Waals surface area contributed by atoms with Crippen LogP contribution in [0.4, 0.5) is 0 Å². The molecule has 0 saturated heterocycles. The highest BCUT2D eigenvalue weighted by atomic mass is 32.1. The highest BCUT2D eigenvalue weighted by molar-refractivity contribution is 7.71. The van der Waals surface area contributed by atoms with Crippen LogP contribution in [-0.4, -0.2) is 22.7 Å². The molecule has 1 aromatic rings. The summed E-state index contributed by atoms with van der Waals surface area (Å²) < 4.78 is 8.16. The van der Waals surface area contributed by atoms with Crippen LogP contribution in [0.5, 0.6) is 0 Å². The van der Waals surface area contributed by atoms with E-state index >= 15 is 0 Å². The van der Waals surface area contributed by atoms with Crippen LogP contribution in [0.2, 0.25) is 0 Å². The molecule has 72 valence electrons.